The minimum atomic E-state index is -0.879. The average Bonchev–Trinajstić information content (AvgIpc) is 3.27. The molecule has 1 aliphatic heterocycles. The molecule has 2 heterocycles. The number of aryl methyl sites for hydroxylation is 1. The summed E-state index contributed by atoms with van der Waals surface area (Å²) in [5.41, 5.74) is 3.44. The Hall–Kier alpha value is -4.59. The number of carbonyl (C=O) groups is 1. The Bertz CT molecular complexity index is 1470. The Kier molecular flexibility index (Phi) is 6.63. The van der Waals surface area contributed by atoms with Crippen molar-refractivity contribution < 1.29 is 13.9 Å². The Labute approximate surface area is 221 Å². The molecule has 1 aliphatic rings. The van der Waals surface area contributed by atoms with Crippen LogP contribution in [0.15, 0.2) is 79.0 Å². The van der Waals surface area contributed by atoms with Gasteiger partial charge in [0.25, 0.3) is 5.91 Å². The number of imidazole rings is 1. The lowest BCUT2D eigenvalue weighted by atomic mass is 10.0. The molecule has 0 radical (unpaired) electrons. The van der Waals surface area contributed by atoms with E-state index in [-0.39, 0.29) is 18.3 Å². The second-order valence-corrected chi connectivity index (χ2v) is 9.80. The predicted octanol–water partition coefficient (Wildman–Crippen LogP) is 6.41. The first-order chi connectivity index (χ1) is 18.2. The van der Waals surface area contributed by atoms with Crippen molar-refractivity contribution in [2.24, 2.45) is 0 Å². The zero-order chi connectivity index (χ0) is 26.9. The fraction of sp³-hybridized carbons (Fsp3) is 0.200. The molecule has 1 amide bonds. The summed E-state index contributed by atoms with van der Waals surface area (Å²) < 4.78 is 20.8. The number of nitrogens with one attached hydrogen (secondary N) is 2. The molecular formula is C30H30FN5O2. The second kappa shape index (κ2) is 10.0. The molecule has 0 aliphatic carbocycles. The minimum absolute atomic E-state index is 0.102. The second-order valence-electron chi connectivity index (χ2n) is 9.80. The van der Waals surface area contributed by atoms with Gasteiger partial charge in [-0.3, -0.25) is 9.36 Å². The minimum Gasteiger partial charge on any atom is -0.497 e. The van der Waals surface area contributed by atoms with Crippen molar-refractivity contribution in [2.45, 2.75) is 32.9 Å². The number of nitrogens with zero attached hydrogens (tertiary/aromatic N) is 3. The molecule has 38 heavy (non-hydrogen) atoms. The third-order valence-electron chi connectivity index (χ3n) is 6.47. The Balaban J connectivity index is 1.43. The highest BCUT2D eigenvalue weighted by Gasteiger charge is 2.34. The van der Waals surface area contributed by atoms with Crippen LogP contribution in [0.5, 0.6) is 5.75 Å². The zero-order valence-corrected chi connectivity index (χ0v) is 21.8. The standard InChI is InChI=1S/C30H30FN5O2/c1-20-5-11-23(12-6-20)32-28-27(21-7-9-22(31)10-8-21)33-26-19-35(17-18-36(26)28)29(37)30(2,3)34-24-13-15-25(38-4)16-14-24/h5-18,32,34H,19H2,1-4H3. The number of amides is 1. The maximum atomic E-state index is 13.7. The van der Waals surface area contributed by atoms with Crippen molar-refractivity contribution in [3.8, 4) is 17.0 Å². The van der Waals surface area contributed by atoms with Gasteiger partial charge in [-0.2, -0.15) is 0 Å². The van der Waals surface area contributed by atoms with Gasteiger partial charge in [0.1, 0.15) is 34.4 Å². The Morgan fingerprint density at radius 3 is 2.26 bits per heavy atom. The third kappa shape index (κ3) is 5.11. The molecule has 1 aromatic heterocycles. The summed E-state index contributed by atoms with van der Waals surface area (Å²) in [4.78, 5) is 20.1. The van der Waals surface area contributed by atoms with Crippen LogP contribution in [0.4, 0.5) is 21.6 Å². The largest absolute Gasteiger partial charge is 0.497 e. The average molecular weight is 512 g/mol. The van der Waals surface area contributed by atoms with Crippen LogP contribution in [0.25, 0.3) is 17.5 Å². The lowest BCUT2D eigenvalue weighted by molar-refractivity contribution is -0.133. The lowest BCUT2D eigenvalue weighted by Crippen LogP contribution is -2.48. The number of benzene rings is 3. The molecule has 194 valence electrons. The van der Waals surface area contributed by atoms with Crippen LogP contribution >= 0.6 is 0 Å². The molecule has 3 aromatic carbocycles. The predicted molar refractivity (Wildman–Crippen MR) is 149 cm³/mol. The Morgan fingerprint density at radius 2 is 1.61 bits per heavy atom. The van der Waals surface area contributed by atoms with E-state index in [4.69, 9.17) is 9.72 Å². The van der Waals surface area contributed by atoms with Crippen molar-refractivity contribution in [3.05, 3.63) is 96.2 Å². The van der Waals surface area contributed by atoms with E-state index >= 15 is 0 Å². The van der Waals surface area contributed by atoms with E-state index < -0.39 is 5.54 Å². The van der Waals surface area contributed by atoms with Gasteiger partial charge >= 0.3 is 0 Å². The summed E-state index contributed by atoms with van der Waals surface area (Å²) in [5, 5.41) is 6.79. The number of hydrogen-bond donors (Lipinski definition) is 2. The van der Waals surface area contributed by atoms with Crippen LogP contribution in [0.2, 0.25) is 0 Å². The van der Waals surface area contributed by atoms with Crippen molar-refractivity contribution in [1.82, 2.24) is 14.5 Å². The number of methoxy groups -OCH3 is 1. The quantitative estimate of drug-likeness (QED) is 0.300. The highest BCUT2D eigenvalue weighted by molar-refractivity contribution is 5.90. The van der Waals surface area contributed by atoms with E-state index in [1.165, 1.54) is 12.1 Å². The van der Waals surface area contributed by atoms with Crippen molar-refractivity contribution in [2.75, 3.05) is 17.7 Å². The molecular weight excluding hydrogens is 481 g/mol. The van der Waals surface area contributed by atoms with E-state index in [1.54, 1.807) is 30.3 Å². The van der Waals surface area contributed by atoms with Crippen LogP contribution in [0, 0.1) is 12.7 Å². The molecule has 2 N–H and O–H groups in total. The summed E-state index contributed by atoms with van der Waals surface area (Å²) in [6, 6.07) is 21.8. The monoisotopic (exact) mass is 511 g/mol. The summed E-state index contributed by atoms with van der Waals surface area (Å²) in [6.07, 6.45) is 3.60. The number of ether oxygens (including phenoxy) is 1. The summed E-state index contributed by atoms with van der Waals surface area (Å²) in [6.45, 7) is 6.02. The summed E-state index contributed by atoms with van der Waals surface area (Å²) >= 11 is 0. The van der Waals surface area contributed by atoms with Crippen LogP contribution < -0.4 is 15.4 Å². The van der Waals surface area contributed by atoms with Crippen LogP contribution in [0.3, 0.4) is 0 Å². The van der Waals surface area contributed by atoms with Crippen LogP contribution in [-0.4, -0.2) is 33.0 Å². The molecule has 0 atom stereocenters. The van der Waals surface area contributed by atoms with Crippen molar-refractivity contribution >= 4 is 29.3 Å². The summed E-state index contributed by atoms with van der Waals surface area (Å²) in [5.74, 6) is 1.77. The number of anilines is 3. The van der Waals surface area contributed by atoms with Gasteiger partial charge < -0.3 is 20.3 Å². The SMILES string of the molecule is COc1ccc(NC(C)(C)C(=O)N2C=Cn3c(nc(-c4ccc(F)cc4)c3Nc3ccc(C)cc3)C2)cc1. The fourth-order valence-electron chi connectivity index (χ4n) is 4.39. The number of aromatic nitrogens is 2. The van der Waals surface area contributed by atoms with Gasteiger partial charge in [-0.1, -0.05) is 17.7 Å². The van der Waals surface area contributed by atoms with Gasteiger partial charge in [0, 0.05) is 29.3 Å². The van der Waals surface area contributed by atoms with E-state index in [0.29, 0.717) is 11.5 Å². The molecule has 0 bridgehead atoms. The maximum absolute atomic E-state index is 13.7. The van der Waals surface area contributed by atoms with E-state index in [9.17, 15) is 9.18 Å². The molecule has 5 rings (SSSR count). The van der Waals surface area contributed by atoms with E-state index in [2.05, 4.69) is 10.6 Å². The smallest absolute Gasteiger partial charge is 0.252 e. The first-order valence-corrected chi connectivity index (χ1v) is 12.4. The van der Waals surface area contributed by atoms with Crippen molar-refractivity contribution in [1.29, 1.82) is 0 Å². The topological polar surface area (TPSA) is 71.4 Å². The van der Waals surface area contributed by atoms with Gasteiger partial charge in [0.15, 0.2) is 0 Å². The van der Waals surface area contributed by atoms with Gasteiger partial charge in [-0.15, -0.1) is 0 Å². The molecule has 4 aromatic rings. The van der Waals surface area contributed by atoms with Crippen LogP contribution in [0.1, 0.15) is 25.2 Å². The van der Waals surface area contributed by atoms with Gasteiger partial charge in [-0.05, 0) is 81.4 Å². The number of halogens is 1. The molecule has 0 saturated carbocycles. The van der Waals surface area contributed by atoms with Gasteiger partial charge in [-0.25, -0.2) is 9.37 Å². The maximum Gasteiger partial charge on any atom is 0.252 e. The first-order valence-electron chi connectivity index (χ1n) is 12.4. The van der Waals surface area contributed by atoms with E-state index in [0.717, 1.165) is 34.1 Å². The number of rotatable bonds is 7. The van der Waals surface area contributed by atoms with E-state index in [1.807, 2.05) is 80.1 Å². The molecule has 0 unspecified atom stereocenters. The van der Waals surface area contributed by atoms with Gasteiger partial charge in [0.2, 0.25) is 0 Å². The number of hydrogen-bond acceptors (Lipinski definition) is 5. The van der Waals surface area contributed by atoms with Gasteiger partial charge in [0.05, 0.1) is 13.7 Å². The Morgan fingerprint density at radius 1 is 0.947 bits per heavy atom. The highest BCUT2D eigenvalue weighted by atomic mass is 19.1. The normalized spacial score (nSPS) is 12.7. The first kappa shape index (κ1) is 25.1. The molecule has 0 spiro atoms. The van der Waals surface area contributed by atoms with Crippen molar-refractivity contribution in [3.63, 3.8) is 0 Å². The third-order valence-corrected chi connectivity index (χ3v) is 6.47. The molecule has 0 saturated heterocycles. The highest BCUT2D eigenvalue weighted by Crippen LogP contribution is 2.34. The zero-order valence-electron chi connectivity index (χ0n) is 21.8. The molecule has 0 fully saturated rings. The number of fused-ring (bicyclic) bond motifs is 1. The fourth-order valence-corrected chi connectivity index (χ4v) is 4.39. The summed E-state index contributed by atoms with van der Waals surface area (Å²) in [7, 11) is 1.62. The molecule has 7 nitrogen and oxygen atoms in total. The lowest BCUT2D eigenvalue weighted by Gasteiger charge is -2.32. The molecule has 8 heteroatoms. The van der Waals surface area contributed by atoms with Crippen LogP contribution in [-0.2, 0) is 11.3 Å². The number of carbonyl (C=O) groups excluding carboxylic acids is 1.